The summed E-state index contributed by atoms with van der Waals surface area (Å²) in [5.41, 5.74) is 0. The number of hydrogen-bond donors (Lipinski definition) is 0. The van der Waals surface area contributed by atoms with Gasteiger partial charge in [0.1, 0.15) is 0 Å². The Labute approximate surface area is 86.9 Å². The minimum Gasteiger partial charge on any atom is -0.298 e. The molecule has 0 N–H and O–H groups in total. The second kappa shape index (κ2) is 7.35. The highest BCUT2D eigenvalue weighted by atomic mass is 15.1. The van der Waals surface area contributed by atoms with Crippen LogP contribution in [0.1, 0.15) is 33.6 Å². The molecule has 0 aliphatic heterocycles. The first-order valence-electron chi connectivity index (χ1n) is 5.20. The van der Waals surface area contributed by atoms with Gasteiger partial charge in [0, 0.05) is 12.6 Å². The zero-order valence-corrected chi connectivity index (χ0v) is 9.32. The summed E-state index contributed by atoms with van der Waals surface area (Å²) in [7, 11) is 0. The van der Waals surface area contributed by atoms with Crippen molar-refractivity contribution >= 4 is 0 Å². The van der Waals surface area contributed by atoms with E-state index in [4.69, 9.17) is 10.5 Å². The molecule has 0 aromatic heterocycles. The maximum atomic E-state index is 8.72. The molecule has 3 nitrogen and oxygen atoms in total. The summed E-state index contributed by atoms with van der Waals surface area (Å²) in [6.07, 6.45) is 1.53. The van der Waals surface area contributed by atoms with E-state index in [-0.39, 0.29) is 5.92 Å². The van der Waals surface area contributed by atoms with Gasteiger partial charge in [0.2, 0.25) is 0 Å². The van der Waals surface area contributed by atoms with Gasteiger partial charge in [-0.05, 0) is 19.9 Å². The minimum atomic E-state index is 0.0442. The molecule has 78 valence electrons. The molecule has 3 heteroatoms. The average molecular weight is 193 g/mol. The molecule has 0 spiro atoms. The highest BCUT2D eigenvalue weighted by Crippen LogP contribution is 2.10. The molecule has 0 rings (SSSR count). The van der Waals surface area contributed by atoms with Crippen LogP contribution in [-0.2, 0) is 0 Å². The van der Waals surface area contributed by atoms with Crippen molar-refractivity contribution in [1.29, 1.82) is 10.5 Å². The summed E-state index contributed by atoms with van der Waals surface area (Å²) >= 11 is 0. The summed E-state index contributed by atoms with van der Waals surface area (Å²) in [6.45, 7) is 7.76. The van der Waals surface area contributed by atoms with Gasteiger partial charge in [-0.25, -0.2) is 0 Å². The van der Waals surface area contributed by atoms with E-state index in [1.54, 1.807) is 0 Å². The Bertz CT molecular complexity index is 224. The fourth-order valence-electron chi connectivity index (χ4n) is 1.57. The van der Waals surface area contributed by atoms with Gasteiger partial charge in [0.05, 0.1) is 24.5 Å². The Morgan fingerprint density at radius 2 is 1.93 bits per heavy atom. The largest absolute Gasteiger partial charge is 0.298 e. The first kappa shape index (κ1) is 12.9. The van der Waals surface area contributed by atoms with E-state index >= 15 is 0 Å². The van der Waals surface area contributed by atoms with Crippen molar-refractivity contribution in [3.63, 3.8) is 0 Å². The maximum absolute atomic E-state index is 8.72. The van der Waals surface area contributed by atoms with Crippen LogP contribution in [0, 0.1) is 28.6 Å². The lowest BCUT2D eigenvalue weighted by Gasteiger charge is -2.28. The molecule has 0 aromatic carbocycles. The number of rotatable bonds is 6. The molecule has 0 radical (unpaired) electrons. The summed E-state index contributed by atoms with van der Waals surface area (Å²) in [6, 6.07) is 4.73. The SMILES string of the molecule is CCC(CC#N)N(CC)CC(C)C#N. The predicted molar refractivity (Wildman–Crippen MR) is 56.3 cm³/mol. The maximum Gasteiger partial charge on any atom is 0.0666 e. The van der Waals surface area contributed by atoms with Gasteiger partial charge in [-0.2, -0.15) is 10.5 Å². The van der Waals surface area contributed by atoms with E-state index in [0.29, 0.717) is 12.5 Å². The van der Waals surface area contributed by atoms with Crippen molar-refractivity contribution in [2.75, 3.05) is 13.1 Å². The molecule has 14 heavy (non-hydrogen) atoms. The summed E-state index contributed by atoms with van der Waals surface area (Å²) in [5, 5.41) is 17.4. The third-order valence-electron chi connectivity index (χ3n) is 2.45. The van der Waals surface area contributed by atoms with Crippen molar-refractivity contribution in [3.8, 4) is 12.1 Å². The van der Waals surface area contributed by atoms with E-state index in [0.717, 1.165) is 19.5 Å². The van der Waals surface area contributed by atoms with Crippen LogP contribution in [0.15, 0.2) is 0 Å². The topological polar surface area (TPSA) is 50.8 Å². The van der Waals surface area contributed by atoms with Gasteiger partial charge < -0.3 is 0 Å². The van der Waals surface area contributed by atoms with Crippen LogP contribution in [0.4, 0.5) is 0 Å². The third-order valence-corrected chi connectivity index (χ3v) is 2.45. The quantitative estimate of drug-likeness (QED) is 0.649. The molecule has 0 aliphatic carbocycles. The van der Waals surface area contributed by atoms with E-state index in [2.05, 4.69) is 30.9 Å². The van der Waals surface area contributed by atoms with Gasteiger partial charge in [0.25, 0.3) is 0 Å². The zero-order chi connectivity index (χ0) is 11.0. The van der Waals surface area contributed by atoms with Crippen LogP contribution >= 0.6 is 0 Å². The molecule has 0 aliphatic rings. The fraction of sp³-hybridized carbons (Fsp3) is 0.818. The Morgan fingerprint density at radius 3 is 2.29 bits per heavy atom. The van der Waals surface area contributed by atoms with Crippen LogP contribution < -0.4 is 0 Å². The molecule has 0 bridgehead atoms. The van der Waals surface area contributed by atoms with Gasteiger partial charge in [0.15, 0.2) is 0 Å². The highest BCUT2D eigenvalue weighted by molar-refractivity contribution is 4.86. The van der Waals surface area contributed by atoms with Crippen LogP contribution in [0.3, 0.4) is 0 Å². The Morgan fingerprint density at radius 1 is 1.29 bits per heavy atom. The number of nitrogens with zero attached hydrogens (tertiary/aromatic N) is 3. The lowest BCUT2D eigenvalue weighted by molar-refractivity contribution is 0.189. The number of nitriles is 2. The van der Waals surface area contributed by atoms with Crippen molar-refractivity contribution in [3.05, 3.63) is 0 Å². The van der Waals surface area contributed by atoms with Crippen LogP contribution in [0.25, 0.3) is 0 Å². The third kappa shape index (κ3) is 4.25. The van der Waals surface area contributed by atoms with Crippen molar-refractivity contribution < 1.29 is 0 Å². The monoisotopic (exact) mass is 193 g/mol. The van der Waals surface area contributed by atoms with E-state index in [1.165, 1.54) is 0 Å². The molecule has 2 atom stereocenters. The first-order valence-corrected chi connectivity index (χ1v) is 5.20. The van der Waals surface area contributed by atoms with Crippen LogP contribution in [0.5, 0.6) is 0 Å². The Kier molecular flexibility index (Phi) is 6.80. The molecular formula is C11H19N3. The summed E-state index contributed by atoms with van der Waals surface area (Å²) < 4.78 is 0. The van der Waals surface area contributed by atoms with Gasteiger partial charge in [-0.15, -0.1) is 0 Å². The smallest absolute Gasteiger partial charge is 0.0666 e. The molecule has 0 heterocycles. The predicted octanol–water partition coefficient (Wildman–Crippen LogP) is 2.16. The van der Waals surface area contributed by atoms with Gasteiger partial charge >= 0.3 is 0 Å². The lowest BCUT2D eigenvalue weighted by Crippen LogP contribution is -2.37. The Balaban J connectivity index is 4.23. The molecule has 0 saturated carbocycles. The molecular weight excluding hydrogens is 174 g/mol. The van der Waals surface area contributed by atoms with Crippen LogP contribution in [-0.4, -0.2) is 24.0 Å². The van der Waals surface area contributed by atoms with E-state index < -0.39 is 0 Å². The number of hydrogen-bond acceptors (Lipinski definition) is 3. The van der Waals surface area contributed by atoms with Crippen molar-refractivity contribution in [2.45, 2.75) is 39.7 Å². The molecule has 2 unspecified atom stereocenters. The lowest BCUT2D eigenvalue weighted by atomic mass is 10.1. The van der Waals surface area contributed by atoms with Crippen molar-refractivity contribution in [1.82, 2.24) is 4.90 Å². The normalized spacial score (nSPS) is 14.4. The van der Waals surface area contributed by atoms with E-state index in [9.17, 15) is 0 Å². The molecule has 0 fully saturated rings. The first-order chi connectivity index (χ1) is 6.69. The molecule has 0 aromatic rings. The van der Waals surface area contributed by atoms with E-state index in [1.807, 2.05) is 6.92 Å². The molecule has 0 saturated heterocycles. The summed E-state index contributed by atoms with van der Waals surface area (Å²) in [5.74, 6) is 0.0442. The fourth-order valence-corrected chi connectivity index (χ4v) is 1.57. The Hall–Kier alpha value is -1.06. The highest BCUT2D eigenvalue weighted by Gasteiger charge is 2.16. The minimum absolute atomic E-state index is 0.0442. The molecule has 0 amide bonds. The van der Waals surface area contributed by atoms with Gasteiger partial charge in [-0.3, -0.25) is 4.90 Å². The van der Waals surface area contributed by atoms with Crippen LogP contribution in [0.2, 0.25) is 0 Å². The van der Waals surface area contributed by atoms with Gasteiger partial charge in [-0.1, -0.05) is 13.8 Å². The second-order valence-electron chi connectivity index (χ2n) is 3.54. The second-order valence-corrected chi connectivity index (χ2v) is 3.54. The zero-order valence-electron chi connectivity index (χ0n) is 9.32. The summed E-state index contributed by atoms with van der Waals surface area (Å²) in [4.78, 5) is 2.22. The standard InChI is InChI=1S/C11H19N3/c1-4-11(6-7-12)14(5-2)9-10(3)8-13/h10-11H,4-6,9H2,1-3H3. The average Bonchev–Trinajstić information content (AvgIpc) is 2.22. The van der Waals surface area contributed by atoms with Crippen molar-refractivity contribution in [2.24, 2.45) is 5.92 Å².